The number of ether oxygens (including phenoxy) is 1. The molecule has 1 fully saturated rings. The molecule has 0 radical (unpaired) electrons. The highest BCUT2D eigenvalue weighted by atomic mass is 32.2. The number of sulfone groups is 1. The molecule has 0 spiro atoms. The zero-order chi connectivity index (χ0) is 15.3. The van der Waals surface area contributed by atoms with Gasteiger partial charge in [-0.05, 0) is 31.4 Å². The van der Waals surface area contributed by atoms with Crippen molar-refractivity contribution in [3.63, 3.8) is 0 Å². The van der Waals surface area contributed by atoms with Gasteiger partial charge in [0.1, 0.15) is 15.6 Å². The summed E-state index contributed by atoms with van der Waals surface area (Å²) in [5.41, 5.74) is 7.01. The van der Waals surface area contributed by atoms with Crippen molar-refractivity contribution >= 4 is 15.5 Å². The molecule has 1 heterocycles. The number of nitrogens with two attached hydrogens (primary N) is 1. The third-order valence-corrected chi connectivity index (χ3v) is 4.69. The maximum Gasteiger partial charge on any atom is 0.147 e. The van der Waals surface area contributed by atoms with Crippen molar-refractivity contribution in [2.24, 2.45) is 5.73 Å². The molecule has 1 aromatic rings. The standard InChI is InChI=1S/C15H24N2O3S/c1-21(18,19)12-4-11-20-15-6-3-2-5-14(15)17-9-7-13(16)8-10-17/h2-3,5-6,13H,4,7-12,16H2,1H3. The monoisotopic (exact) mass is 312 g/mol. The summed E-state index contributed by atoms with van der Waals surface area (Å²) in [5, 5.41) is 0. The average Bonchev–Trinajstić information content (AvgIpc) is 2.44. The fourth-order valence-corrected chi connectivity index (χ4v) is 3.13. The van der Waals surface area contributed by atoms with Crippen LogP contribution in [0.15, 0.2) is 24.3 Å². The van der Waals surface area contributed by atoms with Crippen LogP contribution < -0.4 is 15.4 Å². The van der Waals surface area contributed by atoms with Gasteiger partial charge in [-0.2, -0.15) is 0 Å². The molecule has 2 rings (SSSR count). The first-order valence-electron chi connectivity index (χ1n) is 7.36. The SMILES string of the molecule is CS(=O)(=O)CCCOc1ccccc1N1CCC(N)CC1. The van der Waals surface area contributed by atoms with Crippen molar-refractivity contribution < 1.29 is 13.2 Å². The number of hydrogen-bond acceptors (Lipinski definition) is 5. The normalized spacial score (nSPS) is 17.0. The fraction of sp³-hybridized carbons (Fsp3) is 0.600. The zero-order valence-corrected chi connectivity index (χ0v) is 13.3. The Kier molecular flexibility index (Phi) is 5.47. The topological polar surface area (TPSA) is 72.6 Å². The summed E-state index contributed by atoms with van der Waals surface area (Å²) < 4.78 is 28.0. The van der Waals surface area contributed by atoms with Gasteiger partial charge in [-0.25, -0.2) is 8.42 Å². The summed E-state index contributed by atoms with van der Waals surface area (Å²) in [7, 11) is -2.92. The van der Waals surface area contributed by atoms with Crippen LogP contribution in [0, 0.1) is 0 Å². The Morgan fingerprint density at radius 3 is 2.62 bits per heavy atom. The molecule has 1 aliphatic rings. The maximum atomic E-state index is 11.1. The van der Waals surface area contributed by atoms with Crippen LogP contribution in [-0.4, -0.2) is 46.2 Å². The van der Waals surface area contributed by atoms with Crippen molar-refractivity contribution in [2.75, 3.05) is 36.6 Å². The fourth-order valence-electron chi connectivity index (χ4n) is 2.48. The first kappa shape index (κ1) is 16.1. The quantitative estimate of drug-likeness (QED) is 0.805. The number of rotatable bonds is 6. The van der Waals surface area contributed by atoms with E-state index in [1.807, 2.05) is 24.3 Å². The molecule has 0 unspecified atom stereocenters. The van der Waals surface area contributed by atoms with Gasteiger partial charge < -0.3 is 15.4 Å². The number of anilines is 1. The van der Waals surface area contributed by atoms with E-state index in [0.29, 0.717) is 19.1 Å². The lowest BCUT2D eigenvalue weighted by atomic mass is 10.1. The van der Waals surface area contributed by atoms with Gasteiger partial charge in [-0.3, -0.25) is 0 Å². The van der Waals surface area contributed by atoms with Crippen LogP contribution >= 0.6 is 0 Å². The highest BCUT2D eigenvalue weighted by Gasteiger charge is 2.18. The number of para-hydroxylation sites is 2. The van der Waals surface area contributed by atoms with Crippen molar-refractivity contribution in [1.82, 2.24) is 0 Å². The molecule has 0 atom stereocenters. The number of hydrogen-bond donors (Lipinski definition) is 1. The predicted octanol–water partition coefficient (Wildman–Crippen LogP) is 1.43. The van der Waals surface area contributed by atoms with E-state index in [1.165, 1.54) is 6.26 Å². The van der Waals surface area contributed by atoms with Gasteiger partial charge in [0.25, 0.3) is 0 Å². The van der Waals surface area contributed by atoms with Crippen LogP contribution in [0.1, 0.15) is 19.3 Å². The number of benzene rings is 1. The summed E-state index contributed by atoms with van der Waals surface area (Å²) in [6.45, 7) is 2.28. The minimum atomic E-state index is -2.92. The lowest BCUT2D eigenvalue weighted by molar-refractivity contribution is 0.317. The van der Waals surface area contributed by atoms with Crippen molar-refractivity contribution in [3.8, 4) is 5.75 Å². The molecule has 21 heavy (non-hydrogen) atoms. The molecule has 0 bridgehead atoms. The highest BCUT2D eigenvalue weighted by Crippen LogP contribution is 2.30. The Morgan fingerprint density at radius 2 is 1.95 bits per heavy atom. The zero-order valence-electron chi connectivity index (χ0n) is 12.5. The van der Waals surface area contributed by atoms with Crippen LogP contribution in [-0.2, 0) is 9.84 Å². The molecule has 0 aromatic heterocycles. The highest BCUT2D eigenvalue weighted by molar-refractivity contribution is 7.90. The van der Waals surface area contributed by atoms with Gasteiger partial charge in [0.15, 0.2) is 0 Å². The van der Waals surface area contributed by atoms with Crippen molar-refractivity contribution in [2.45, 2.75) is 25.3 Å². The molecule has 1 aliphatic heterocycles. The smallest absolute Gasteiger partial charge is 0.147 e. The minimum absolute atomic E-state index is 0.160. The van der Waals surface area contributed by atoms with Gasteiger partial charge in [0.05, 0.1) is 18.0 Å². The first-order valence-corrected chi connectivity index (χ1v) is 9.42. The Morgan fingerprint density at radius 1 is 1.29 bits per heavy atom. The second-order valence-electron chi connectivity index (χ2n) is 5.62. The van der Waals surface area contributed by atoms with Gasteiger partial charge in [-0.15, -0.1) is 0 Å². The number of piperidine rings is 1. The van der Waals surface area contributed by atoms with Crippen LogP contribution in [0.25, 0.3) is 0 Å². The largest absolute Gasteiger partial charge is 0.491 e. The second kappa shape index (κ2) is 7.13. The molecule has 5 nitrogen and oxygen atoms in total. The lowest BCUT2D eigenvalue weighted by Crippen LogP contribution is -2.39. The van der Waals surface area contributed by atoms with Crippen LogP contribution in [0.5, 0.6) is 5.75 Å². The minimum Gasteiger partial charge on any atom is -0.491 e. The summed E-state index contributed by atoms with van der Waals surface area (Å²) in [6, 6.07) is 8.20. The lowest BCUT2D eigenvalue weighted by Gasteiger charge is -2.33. The molecule has 0 amide bonds. The first-order chi connectivity index (χ1) is 9.96. The molecule has 6 heteroatoms. The van der Waals surface area contributed by atoms with E-state index in [-0.39, 0.29) is 5.75 Å². The second-order valence-corrected chi connectivity index (χ2v) is 7.88. The summed E-state index contributed by atoms with van der Waals surface area (Å²) in [6.07, 6.45) is 3.74. The predicted molar refractivity (Wildman–Crippen MR) is 85.7 cm³/mol. The van der Waals surface area contributed by atoms with E-state index in [9.17, 15) is 8.42 Å². The van der Waals surface area contributed by atoms with E-state index < -0.39 is 9.84 Å². The summed E-state index contributed by atoms with van der Waals surface area (Å²) in [4.78, 5) is 2.29. The van der Waals surface area contributed by atoms with E-state index in [2.05, 4.69) is 4.90 Å². The van der Waals surface area contributed by atoms with Crippen LogP contribution in [0.3, 0.4) is 0 Å². The Balaban J connectivity index is 1.94. The van der Waals surface area contributed by atoms with Crippen molar-refractivity contribution in [1.29, 1.82) is 0 Å². The summed E-state index contributed by atoms with van der Waals surface area (Å²) in [5.74, 6) is 0.981. The molecular weight excluding hydrogens is 288 g/mol. The van der Waals surface area contributed by atoms with Gasteiger partial charge >= 0.3 is 0 Å². The van der Waals surface area contributed by atoms with E-state index >= 15 is 0 Å². The van der Waals surface area contributed by atoms with Crippen LogP contribution in [0.2, 0.25) is 0 Å². The molecule has 0 saturated carbocycles. The van der Waals surface area contributed by atoms with E-state index in [4.69, 9.17) is 10.5 Å². The van der Waals surface area contributed by atoms with Crippen LogP contribution in [0.4, 0.5) is 5.69 Å². The van der Waals surface area contributed by atoms with Gasteiger partial charge in [0.2, 0.25) is 0 Å². The van der Waals surface area contributed by atoms with E-state index in [1.54, 1.807) is 0 Å². The van der Waals surface area contributed by atoms with Gasteiger partial charge in [-0.1, -0.05) is 12.1 Å². The summed E-state index contributed by atoms with van der Waals surface area (Å²) >= 11 is 0. The third kappa shape index (κ3) is 5.21. The molecule has 1 aromatic carbocycles. The Bertz CT molecular complexity index is 552. The maximum absolute atomic E-state index is 11.1. The van der Waals surface area contributed by atoms with E-state index in [0.717, 1.165) is 37.4 Å². The molecule has 0 aliphatic carbocycles. The Hall–Kier alpha value is -1.27. The third-order valence-electron chi connectivity index (χ3n) is 3.66. The van der Waals surface area contributed by atoms with Gasteiger partial charge in [0, 0.05) is 25.4 Å². The molecule has 2 N–H and O–H groups in total. The average molecular weight is 312 g/mol. The molecular formula is C15H24N2O3S. The Labute approximate surface area is 127 Å². The van der Waals surface area contributed by atoms with Crippen molar-refractivity contribution in [3.05, 3.63) is 24.3 Å². The molecule has 118 valence electrons. The number of nitrogens with zero attached hydrogens (tertiary/aromatic N) is 1. The molecule has 1 saturated heterocycles.